The molecular weight excluding hydrogens is 208 g/mol. The fourth-order valence-electron chi connectivity index (χ4n) is 1.49. The van der Waals surface area contributed by atoms with Crippen LogP contribution in [0.15, 0.2) is 48.5 Å². The molecule has 0 saturated heterocycles. The van der Waals surface area contributed by atoms with Gasteiger partial charge < -0.3 is 5.11 Å². The van der Waals surface area contributed by atoms with Crippen molar-refractivity contribution >= 4 is 11.6 Å². The molecule has 0 aliphatic rings. The normalized spacial score (nSPS) is 10.2. The van der Waals surface area contributed by atoms with Crippen LogP contribution >= 0.6 is 11.6 Å². The first-order valence-electron chi connectivity index (χ1n) is 4.77. The maximum absolute atomic E-state index is 9.28. The van der Waals surface area contributed by atoms with Crippen molar-refractivity contribution in [1.29, 1.82) is 0 Å². The molecular formula is C13H11ClO. The Morgan fingerprint density at radius 2 is 1.67 bits per heavy atom. The zero-order chi connectivity index (χ0) is 10.7. The summed E-state index contributed by atoms with van der Waals surface area (Å²) in [6, 6.07) is 15.5. The van der Waals surface area contributed by atoms with E-state index >= 15 is 0 Å². The standard InChI is InChI=1S/C13H11ClO/c14-12-9-11(6-7-13(12)15)8-10-4-2-1-3-5-10/h1-7,9,15H,8H2. The number of benzene rings is 2. The summed E-state index contributed by atoms with van der Waals surface area (Å²) in [5.74, 6) is 0.133. The van der Waals surface area contributed by atoms with Gasteiger partial charge in [-0.3, -0.25) is 0 Å². The SMILES string of the molecule is Oc1ccc(Cc2ccccc2)cc1Cl. The van der Waals surface area contributed by atoms with Crippen LogP contribution in [-0.2, 0) is 6.42 Å². The Morgan fingerprint density at radius 3 is 2.33 bits per heavy atom. The topological polar surface area (TPSA) is 20.2 Å². The number of halogens is 1. The summed E-state index contributed by atoms with van der Waals surface area (Å²) < 4.78 is 0. The van der Waals surface area contributed by atoms with Crippen LogP contribution in [0.2, 0.25) is 5.02 Å². The number of aromatic hydroxyl groups is 1. The minimum atomic E-state index is 0.133. The predicted molar refractivity (Wildman–Crippen MR) is 62.4 cm³/mol. The molecule has 0 aliphatic heterocycles. The van der Waals surface area contributed by atoms with Crippen LogP contribution in [0, 0.1) is 0 Å². The highest BCUT2D eigenvalue weighted by molar-refractivity contribution is 6.32. The first-order chi connectivity index (χ1) is 7.25. The van der Waals surface area contributed by atoms with Gasteiger partial charge in [0.15, 0.2) is 0 Å². The molecule has 15 heavy (non-hydrogen) atoms. The van der Waals surface area contributed by atoms with E-state index in [0.29, 0.717) is 5.02 Å². The molecule has 0 amide bonds. The van der Waals surface area contributed by atoms with Gasteiger partial charge in [-0.1, -0.05) is 48.0 Å². The first kappa shape index (κ1) is 10.1. The van der Waals surface area contributed by atoms with E-state index in [4.69, 9.17) is 11.6 Å². The molecule has 1 N–H and O–H groups in total. The molecule has 2 rings (SSSR count). The second-order valence-corrected chi connectivity index (χ2v) is 3.86. The molecule has 2 aromatic carbocycles. The Hall–Kier alpha value is -1.47. The molecule has 0 spiro atoms. The Kier molecular flexibility index (Phi) is 2.93. The van der Waals surface area contributed by atoms with Crippen molar-refractivity contribution in [3.05, 3.63) is 64.7 Å². The van der Waals surface area contributed by atoms with E-state index in [1.807, 2.05) is 24.3 Å². The molecule has 2 aromatic rings. The van der Waals surface area contributed by atoms with Gasteiger partial charge in [-0.15, -0.1) is 0 Å². The van der Waals surface area contributed by atoms with E-state index in [1.54, 1.807) is 12.1 Å². The summed E-state index contributed by atoms with van der Waals surface area (Å²) in [5, 5.41) is 9.68. The average molecular weight is 219 g/mol. The lowest BCUT2D eigenvalue weighted by Gasteiger charge is -2.03. The molecule has 0 atom stereocenters. The zero-order valence-corrected chi connectivity index (χ0v) is 8.91. The van der Waals surface area contributed by atoms with Crippen LogP contribution in [-0.4, -0.2) is 5.11 Å². The number of phenolic OH excluding ortho intramolecular Hbond substituents is 1. The van der Waals surface area contributed by atoms with E-state index in [0.717, 1.165) is 12.0 Å². The number of hydrogen-bond acceptors (Lipinski definition) is 1. The molecule has 0 aliphatic carbocycles. The Labute approximate surface area is 94.0 Å². The highest BCUT2D eigenvalue weighted by Gasteiger charge is 2.00. The summed E-state index contributed by atoms with van der Waals surface area (Å²) in [6.07, 6.45) is 0.834. The minimum Gasteiger partial charge on any atom is -0.506 e. The van der Waals surface area contributed by atoms with Crippen LogP contribution in [0.4, 0.5) is 0 Å². The summed E-state index contributed by atoms with van der Waals surface area (Å²) in [4.78, 5) is 0. The van der Waals surface area contributed by atoms with Gasteiger partial charge in [-0.25, -0.2) is 0 Å². The van der Waals surface area contributed by atoms with Crippen LogP contribution in [0.25, 0.3) is 0 Å². The monoisotopic (exact) mass is 218 g/mol. The Balaban J connectivity index is 2.22. The van der Waals surface area contributed by atoms with Gasteiger partial charge in [-0.05, 0) is 29.7 Å². The molecule has 0 unspecified atom stereocenters. The van der Waals surface area contributed by atoms with Crippen LogP contribution in [0.1, 0.15) is 11.1 Å². The van der Waals surface area contributed by atoms with Crippen molar-refractivity contribution in [2.24, 2.45) is 0 Å². The Bertz CT molecular complexity index is 451. The summed E-state index contributed by atoms with van der Waals surface area (Å²) in [7, 11) is 0. The molecule has 1 nitrogen and oxygen atoms in total. The lowest BCUT2D eigenvalue weighted by Crippen LogP contribution is -1.87. The van der Waals surface area contributed by atoms with E-state index in [1.165, 1.54) is 5.56 Å². The van der Waals surface area contributed by atoms with Crippen molar-refractivity contribution in [3.63, 3.8) is 0 Å². The summed E-state index contributed by atoms with van der Waals surface area (Å²) in [5.41, 5.74) is 2.34. The average Bonchev–Trinajstić information content (AvgIpc) is 2.25. The minimum absolute atomic E-state index is 0.133. The van der Waals surface area contributed by atoms with E-state index < -0.39 is 0 Å². The number of rotatable bonds is 2. The van der Waals surface area contributed by atoms with Gasteiger partial charge in [-0.2, -0.15) is 0 Å². The fourth-order valence-corrected chi connectivity index (χ4v) is 1.70. The van der Waals surface area contributed by atoms with Gasteiger partial charge in [0.2, 0.25) is 0 Å². The van der Waals surface area contributed by atoms with Crippen molar-refractivity contribution in [2.45, 2.75) is 6.42 Å². The summed E-state index contributed by atoms with van der Waals surface area (Å²) >= 11 is 5.83. The maximum atomic E-state index is 9.28. The molecule has 0 heterocycles. The quantitative estimate of drug-likeness (QED) is 0.816. The third-order valence-electron chi connectivity index (χ3n) is 2.26. The van der Waals surface area contributed by atoms with Crippen molar-refractivity contribution in [1.82, 2.24) is 0 Å². The lowest BCUT2D eigenvalue weighted by atomic mass is 10.1. The third kappa shape index (κ3) is 2.51. The predicted octanol–water partition coefficient (Wildman–Crippen LogP) is 3.64. The summed E-state index contributed by atoms with van der Waals surface area (Å²) in [6.45, 7) is 0. The van der Waals surface area contributed by atoms with Crippen LogP contribution in [0.3, 0.4) is 0 Å². The van der Waals surface area contributed by atoms with Crippen molar-refractivity contribution < 1.29 is 5.11 Å². The van der Waals surface area contributed by atoms with Crippen LogP contribution in [0.5, 0.6) is 5.75 Å². The van der Waals surface area contributed by atoms with Gasteiger partial charge in [0, 0.05) is 0 Å². The fraction of sp³-hybridized carbons (Fsp3) is 0.0769. The van der Waals surface area contributed by atoms with Gasteiger partial charge in [0.25, 0.3) is 0 Å². The second-order valence-electron chi connectivity index (χ2n) is 3.45. The first-order valence-corrected chi connectivity index (χ1v) is 5.15. The molecule has 0 aromatic heterocycles. The van der Waals surface area contributed by atoms with Crippen LogP contribution < -0.4 is 0 Å². The van der Waals surface area contributed by atoms with Gasteiger partial charge >= 0.3 is 0 Å². The molecule has 0 fully saturated rings. The number of phenols is 1. The highest BCUT2D eigenvalue weighted by atomic mass is 35.5. The lowest BCUT2D eigenvalue weighted by molar-refractivity contribution is 0.475. The zero-order valence-electron chi connectivity index (χ0n) is 8.15. The van der Waals surface area contributed by atoms with Gasteiger partial charge in [0.1, 0.15) is 5.75 Å². The molecule has 0 bridgehead atoms. The van der Waals surface area contributed by atoms with E-state index in [2.05, 4.69) is 12.1 Å². The Morgan fingerprint density at radius 1 is 0.933 bits per heavy atom. The largest absolute Gasteiger partial charge is 0.506 e. The maximum Gasteiger partial charge on any atom is 0.134 e. The molecule has 2 heteroatoms. The molecule has 0 radical (unpaired) electrons. The van der Waals surface area contributed by atoms with Gasteiger partial charge in [0.05, 0.1) is 5.02 Å². The van der Waals surface area contributed by atoms with E-state index in [-0.39, 0.29) is 5.75 Å². The molecule has 0 saturated carbocycles. The second kappa shape index (κ2) is 4.37. The highest BCUT2D eigenvalue weighted by Crippen LogP contribution is 2.24. The third-order valence-corrected chi connectivity index (χ3v) is 2.57. The molecule has 76 valence electrons. The smallest absolute Gasteiger partial charge is 0.134 e. The van der Waals surface area contributed by atoms with Crippen molar-refractivity contribution in [2.75, 3.05) is 0 Å². The van der Waals surface area contributed by atoms with Crippen molar-refractivity contribution in [3.8, 4) is 5.75 Å². The number of hydrogen-bond donors (Lipinski definition) is 1. The van der Waals surface area contributed by atoms with E-state index in [9.17, 15) is 5.11 Å².